The van der Waals surface area contributed by atoms with Crippen LogP contribution in [0, 0.1) is 6.92 Å². The summed E-state index contributed by atoms with van der Waals surface area (Å²) in [6.45, 7) is 8.58. The molecule has 150 valence electrons. The summed E-state index contributed by atoms with van der Waals surface area (Å²) in [5.74, 6) is 0. The number of likely N-dealkylation sites (tertiary alicyclic amines) is 1. The van der Waals surface area contributed by atoms with Crippen LogP contribution in [-0.4, -0.2) is 48.2 Å². The number of nitrogens with zero attached hydrogens (tertiary/aromatic N) is 5. The van der Waals surface area contributed by atoms with Gasteiger partial charge in [0.1, 0.15) is 6.33 Å². The van der Waals surface area contributed by atoms with Crippen LogP contribution in [0.3, 0.4) is 0 Å². The maximum absolute atomic E-state index is 12.8. The molecule has 4 heterocycles. The minimum atomic E-state index is -0.0111. The average molecular weight is 390 g/mol. The van der Waals surface area contributed by atoms with Crippen molar-refractivity contribution >= 4 is 16.7 Å². The Bertz CT molecular complexity index is 1240. The molecule has 29 heavy (non-hydrogen) atoms. The number of piperidine rings is 1. The van der Waals surface area contributed by atoms with E-state index in [0.717, 1.165) is 59.3 Å². The highest BCUT2D eigenvalue weighted by Crippen LogP contribution is 2.29. The van der Waals surface area contributed by atoms with Crippen LogP contribution in [-0.2, 0) is 0 Å². The molecule has 7 nitrogen and oxygen atoms in total. The van der Waals surface area contributed by atoms with Crippen molar-refractivity contribution < 1.29 is 0 Å². The van der Waals surface area contributed by atoms with Gasteiger partial charge in [0, 0.05) is 36.9 Å². The van der Waals surface area contributed by atoms with Crippen LogP contribution in [0.15, 0.2) is 41.6 Å². The zero-order valence-electron chi connectivity index (χ0n) is 17.1. The number of nitrogens with one attached hydrogen (secondary N) is 1. The normalized spacial score (nSPS) is 16.4. The van der Waals surface area contributed by atoms with Crippen LogP contribution >= 0.6 is 0 Å². The number of aromatic amines is 1. The number of pyridine rings is 1. The van der Waals surface area contributed by atoms with Crippen molar-refractivity contribution in [3.63, 3.8) is 0 Å². The molecule has 0 bridgehead atoms. The zero-order chi connectivity index (χ0) is 20.1. The number of hydrogen-bond acceptors (Lipinski definition) is 4. The lowest BCUT2D eigenvalue weighted by Gasteiger charge is -2.35. The monoisotopic (exact) mass is 390 g/mol. The van der Waals surface area contributed by atoms with Crippen molar-refractivity contribution in [1.29, 1.82) is 0 Å². The summed E-state index contributed by atoms with van der Waals surface area (Å²) in [4.78, 5) is 22.6. The van der Waals surface area contributed by atoms with E-state index < -0.39 is 0 Å². The zero-order valence-corrected chi connectivity index (χ0v) is 17.1. The van der Waals surface area contributed by atoms with Crippen LogP contribution in [0.2, 0.25) is 0 Å². The molecular formula is C22H26N6O. The smallest absolute Gasteiger partial charge is 0.306 e. The lowest BCUT2D eigenvalue weighted by Crippen LogP contribution is -2.40. The predicted molar refractivity (Wildman–Crippen MR) is 114 cm³/mol. The minimum absolute atomic E-state index is 0.0111. The SMILES string of the molecule is Cc1cc(-c2ccc3c(c2)[nH]c(=O)n3C2CCN(C(C)C)CC2)cn2ncnc12. The van der Waals surface area contributed by atoms with Crippen molar-refractivity contribution in [3.8, 4) is 11.1 Å². The highest BCUT2D eigenvalue weighted by molar-refractivity contribution is 5.82. The van der Waals surface area contributed by atoms with Gasteiger partial charge in [0.2, 0.25) is 0 Å². The van der Waals surface area contributed by atoms with Gasteiger partial charge in [0.05, 0.1) is 11.0 Å². The summed E-state index contributed by atoms with van der Waals surface area (Å²) in [5, 5.41) is 4.27. The van der Waals surface area contributed by atoms with Gasteiger partial charge in [0.15, 0.2) is 5.65 Å². The number of hydrogen-bond donors (Lipinski definition) is 1. The molecule has 1 N–H and O–H groups in total. The number of aryl methyl sites for hydroxylation is 1. The first-order valence-corrected chi connectivity index (χ1v) is 10.3. The second-order valence-electron chi connectivity index (χ2n) is 8.33. The van der Waals surface area contributed by atoms with Crippen molar-refractivity contribution in [3.05, 3.63) is 52.8 Å². The van der Waals surface area contributed by atoms with Gasteiger partial charge in [-0.2, -0.15) is 5.10 Å². The number of H-pyrrole nitrogens is 1. The number of aromatic nitrogens is 5. The molecule has 0 aliphatic carbocycles. The molecule has 4 aromatic rings. The highest BCUT2D eigenvalue weighted by Gasteiger charge is 2.24. The van der Waals surface area contributed by atoms with Gasteiger partial charge in [-0.3, -0.25) is 4.57 Å². The standard InChI is InChI=1S/C22H26N6O/c1-14(2)26-8-6-18(7-9-26)28-20-5-4-16(11-19(20)25-22(28)29)17-10-15(3)21-23-13-24-27(21)12-17/h4-5,10-14,18H,6-9H2,1-3H3,(H,25,29). The highest BCUT2D eigenvalue weighted by atomic mass is 16.1. The van der Waals surface area contributed by atoms with E-state index in [-0.39, 0.29) is 11.7 Å². The Morgan fingerprint density at radius 3 is 2.69 bits per heavy atom. The molecule has 1 fully saturated rings. The number of rotatable bonds is 3. The summed E-state index contributed by atoms with van der Waals surface area (Å²) in [6, 6.07) is 9.15. The first kappa shape index (κ1) is 18.1. The van der Waals surface area contributed by atoms with Gasteiger partial charge in [-0.15, -0.1) is 0 Å². The van der Waals surface area contributed by atoms with Crippen molar-refractivity contribution in [1.82, 2.24) is 29.0 Å². The van der Waals surface area contributed by atoms with Gasteiger partial charge in [-0.05, 0) is 62.9 Å². The van der Waals surface area contributed by atoms with E-state index in [0.29, 0.717) is 6.04 Å². The van der Waals surface area contributed by atoms with Crippen LogP contribution in [0.4, 0.5) is 0 Å². The number of imidazole rings is 1. The van der Waals surface area contributed by atoms with Gasteiger partial charge in [0.25, 0.3) is 0 Å². The van der Waals surface area contributed by atoms with E-state index >= 15 is 0 Å². The van der Waals surface area contributed by atoms with Gasteiger partial charge >= 0.3 is 5.69 Å². The molecule has 0 saturated carbocycles. The molecule has 0 spiro atoms. The Hall–Kier alpha value is -2.93. The fraction of sp³-hybridized carbons (Fsp3) is 0.409. The fourth-order valence-electron chi connectivity index (χ4n) is 4.59. The second-order valence-corrected chi connectivity index (χ2v) is 8.33. The Morgan fingerprint density at radius 1 is 1.14 bits per heavy atom. The average Bonchev–Trinajstić information content (AvgIpc) is 3.31. The maximum Gasteiger partial charge on any atom is 0.326 e. The van der Waals surface area contributed by atoms with E-state index in [2.05, 4.69) is 58.1 Å². The first-order chi connectivity index (χ1) is 14.0. The Morgan fingerprint density at radius 2 is 1.93 bits per heavy atom. The van der Waals surface area contributed by atoms with Gasteiger partial charge in [-0.1, -0.05) is 6.07 Å². The third-order valence-electron chi connectivity index (χ3n) is 6.20. The predicted octanol–water partition coefficient (Wildman–Crippen LogP) is 3.39. The lowest BCUT2D eigenvalue weighted by molar-refractivity contribution is 0.152. The van der Waals surface area contributed by atoms with Crippen molar-refractivity contribution in [2.45, 2.75) is 45.7 Å². The summed E-state index contributed by atoms with van der Waals surface area (Å²) >= 11 is 0. The number of fused-ring (bicyclic) bond motifs is 2. The van der Waals surface area contributed by atoms with E-state index in [4.69, 9.17) is 0 Å². The molecule has 1 aromatic carbocycles. The lowest BCUT2D eigenvalue weighted by atomic mass is 10.0. The topological polar surface area (TPSA) is 71.2 Å². The Balaban J connectivity index is 1.51. The number of benzene rings is 1. The molecule has 1 aliphatic rings. The molecule has 1 saturated heterocycles. The molecule has 3 aromatic heterocycles. The van der Waals surface area contributed by atoms with E-state index in [1.165, 1.54) is 0 Å². The Labute approximate surface area is 169 Å². The quantitative estimate of drug-likeness (QED) is 0.582. The molecular weight excluding hydrogens is 364 g/mol. The largest absolute Gasteiger partial charge is 0.326 e. The molecule has 7 heteroatoms. The summed E-state index contributed by atoms with van der Waals surface area (Å²) in [6.07, 6.45) is 5.56. The molecule has 0 amide bonds. The second kappa shape index (κ2) is 6.84. The minimum Gasteiger partial charge on any atom is -0.306 e. The molecule has 1 aliphatic heterocycles. The van der Waals surface area contributed by atoms with Crippen molar-refractivity contribution in [2.75, 3.05) is 13.1 Å². The maximum atomic E-state index is 12.8. The van der Waals surface area contributed by atoms with Crippen LogP contribution in [0.25, 0.3) is 27.8 Å². The third-order valence-corrected chi connectivity index (χ3v) is 6.20. The third kappa shape index (κ3) is 3.06. The molecule has 0 radical (unpaired) electrons. The van der Waals surface area contributed by atoms with E-state index in [9.17, 15) is 4.79 Å². The van der Waals surface area contributed by atoms with Crippen molar-refractivity contribution in [2.24, 2.45) is 0 Å². The van der Waals surface area contributed by atoms with E-state index in [1.807, 2.05) is 17.7 Å². The van der Waals surface area contributed by atoms with Gasteiger partial charge in [-0.25, -0.2) is 14.3 Å². The van der Waals surface area contributed by atoms with Crippen LogP contribution < -0.4 is 5.69 Å². The van der Waals surface area contributed by atoms with Gasteiger partial charge < -0.3 is 9.88 Å². The van der Waals surface area contributed by atoms with Crippen LogP contribution in [0.5, 0.6) is 0 Å². The fourth-order valence-corrected chi connectivity index (χ4v) is 4.59. The first-order valence-electron chi connectivity index (χ1n) is 10.3. The molecule has 5 rings (SSSR count). The van der Waals surface area contributed by atoms with E-state index in [1.54, 1.807) is 10.8 Å². The molecule has 0 atom stereocenters. The summed E-state index contributed by atoms with van der Waals surface area (Å²) in [5.41, 5.74) is 5.91. The summed E-state index contributed by atoms with van der Waals surface area (Å²) in [7, 11) is 0. The summed E-state index contributed by atoms with van der Waals surface area (Å²) < 4.78 is 3.76. The van der Waals surface area contributed by atoms with Crippen LogP contribution in [0.1, 0.15) is 38.3 Å². The molecule has 0 unspecified atom stereocenters. The Kier molecular flexibility index (Phi) is 4.28.